The molecule has 3 heterocycles. The molecule has 6 nitrogen and oxygen atoms in total. The zero-order valence-electron chi connectivity index (χ0n) is 14.1. The van der Waals surface area contributed by atoms with Gasteiger partial charge in [0, 0.05) is 0 Å². The van der Waals surface area contributed by atoms with E-state index in [0.29, 0.717) is 0 Å². The molecule has 0 saturated heterocycles. The highest BCUT2D eigenvalue weighted by molar-refractivity contribution is 6.71. The molecule has 0 aromatic rings. The smallest absolute Gasteiger partial charge is 0.0964 e. The predicted molar refractivity (Wildman–Crippen MR) is 88.2 cm³/mol. The third-order valence-electron chi connectivity index (χ3n) is 5.02. The second kappa shape index (κ2) is 4.54. The van der Waals surface area contributed by atoms with Crippen molar-refractivity contribution < 1.29 is 0 Å². The van der Waals surface area contributed by atoms with Gasteiger partial charge >= 0.3 is 0 Å². The molecule has 0 spiro atoms. The molecule has 0 amide bonds. The molecular formula is C15H22BN6-. The van der Waals surface area contributed by atoms with Crippen molar-refractivity contribution in [3.63, 3.8) is 0 Å². The molecule has 0 aromatic heterocycles. The van der Waals surface area contributed by atoms with E-state index in [1.54, 1.807) is 0 Å². The van der Waals surface area contributed by atoms with Crippen LogP contribution in [-0.4, -0.2) is 23.0 Å². The van der Waals surface area contributed by atoms with Crippen LogP contribution < -0.4 is 0 Å². The largest absolute Gasteiger partial charge is 0.218 e. The van der Waals surface area contributed by atoms with Gasteiger partial charge in [-0.05, 0) is 37.1 Å². The van der Waals surface area contributed by atoms with Gasteiger partial charge in [-0.25, -0.2) is 15.3 Å². The van der Waals surface area contributed by atoms with Gasteiger partial charge in [0.1, 0.15) is 0 Å². The summed E-state index contributed by atoms with van der Waals surface area (Å²) < 4.78 is 0. The number of hydrogen-bond donors (Lipinski definition) is 0. The minimum Gasteiger partial charge on any atom is -0.218 e. The first-order valence-electron chi connectivity index (χ1n) is 7.73. The maximum absolute atomic E-state index is 4.59. The van der Waals surface area contributed by atoms with E-state index >= 15 is 0 Å². The van der Waals surface area contributed by atoms with E-state index in [2.05, 4.69) is 69.7 Å². The van der Waals surface area contributed by atoms with Crippen LogP contribution in [0, 0.1) is 0 Å². The van der Waals surface area contributed by atoms with E-state index < -0.39 is 23.0 Å². The normalized spacial score (nSPS) is 40.9. The third-order valence-corrected chi connectivity index (χ3v) is 5.02. The van der Waals surface area contributed by atoms with Gasteiger partial charge in [0.25, 0.3) is 0 Å². The van der Waals surface area contributed by atoms with Crippen LogP contribution in [0.25, 0.3) is 0 Å². The van der Waals surface area contributed by atoms with Crippen molar-refractivity contribution in [2.45, 2.75) is 57.9 Å². The lowest BCUT2D eigenvalue weighted by Gasteiger charge is -2.50. The molecule has 3 aliphatic rings. The Morgan fingerprint density at radius 1 is 0.636 bits per heavy atom. The first-order valence-corrected chi connectivity index (χ1v) is 7.73. The van der Waals surface area contributed by atoms with Crippen molar-refractivity contribution in [1.82, 2.24) is 0 Å². The first-order chi connectivity index (χ1) is 10.2. The summed E-state index contributed by atoms with van der Waals surface area (Å²) in [7, 11) is 0. The minimum absolute atomic E-state index is 0.409. The van der Waals surface area contributed by atoms with Crippen molar-refractivity contribution in [2.75, 3.05) is 0 Å². The van der Waals surface area contributed by atoms with Crippen LogP contribution >= 0.6 is 0 Å². The van der Waals surface area contributed by atoms with Crippen LogP contribution in [0.3, 0.4) is 0 Å². The lowest BCUT2D eigenvalue weighted by molar-refractivity contribution is 0.620. The Bertz CT molecular complexity index is 608. The molecule has 3 rings (SSSR count). The Labute approximate surface area is 131 Å². The van der Waals surface area contributed by atoms with Gasteiger partial charge in [-0.2, -0.15) is 15.3 Å². The van der Waals surface area contributed by atoms with Crippen molar-refractivity contribution >= 4 is 6.71 Å². The summed E-state index contributed by atoms with van der Waals surface area (Å²) in [5.74, 6) is 0. The molecule has 0 bridgehead atoms. The monoisotopic (exact) mass is 297 g/mol. The van der Waals surface area contributed by atoms with Crippen LogP contribution in [0.1, 0.15) is 41.5 Å². The Kier molecular flexibility index (Phi) is 3.09. The molecule has 3 atom stereocenters. The average Bonchev–Trinajstić information content (AvgIpc) is 3.01. The number of rotatable bonds is 3. The predicted octanol–water partition coefficient (Wildman–Crippen LogP) is 4.22. The molecule has 3 aliphatic heterocycles. The van der Waals surface area contributed by atoms with E-state index in [4.69, 9.17) is 0 Å². The number of hydrogen-bond acceptors (Lipinski definition) is 6. The molecule has 0 N–H and O–H groups in total. The molecule has 116 valence electrons. The molecule has 22 heavy (non-hydrogen) atoms. The maximum atomic E-state index is 4.59. The molecule has 0 aromatic carbocycles. The Morgan fingerprint density at radius 3 is 1.09 bits per heavy atom. The van der Waals surface area contributed by atoms with Crippen molar-refractivity contribution in [3.8, 4) is 0 Å². The second-order valence-corrected chi connectivity index (χ2v) is 7.56. The SMILES string of the molecule is CC1=CC(C)([BH-](C2(C)C=C(C)N=N2)C2(C)C=C(C)N=N2)N=N1. The van der Waals surface area contributed by atoms with E-state index in [1.807, 2.05) is 20.8 Å². The fourth-order valence-electron chi connectivity index (χ4n) is 4.79. The van der Waals surface area contributed by atoms with Gasteiger partial charge in [0.15, 0.2) is 0 Å². The summed E-state index contributed by atoms with van der Waals surface area (Å²) >= 11 is 0. The number of azo groups is 3. The molecule has 7 heteroatoms. The molecular weight excluding hydrogens is 275 g/mol. The van der Waals surface area contributed by atoms with Gasteiger partial charge in [-0.3, -0.25) is 0 Å². The highest BCUT2D eigenvalue weighted by Gasteiger charge is 2.51. The molecule has 0 radical (unpaired) electrons. The van der Waals surface area contributed by atoms with E-state index in [0.717, 1.165) is 17.1 Å². The second-order valence-electron chi connectivity index (χ2n) is 7.56. The highest BCUT2D eigenvalue weighted by atomic mass is 15.2. The lowest BCUT2D eigenvalue weighted by Crippen LogP contribution is -2.64. The molecule has 0 aliphatic carbocycles. The van der Waals surface area contributed by atoms with Crippen LogP contribution in [0.4, 0.5) is 0 Å². The lowest BCUT2D eigenvalue weighted by atomic mass is 9.20. The van der Waals surface area contributed by atoms with Crippen LogP contribution in [0.2, 0.25) is 0 Å². The van der Waals surface area contributed by atoms with Gasteiger partial charge in [-0.1, -0.05) is 39.0 Å². The van der Waals surface area contributed by atoms with Crippen molar-refractivity contribution in [1.29, 1.82) is 0 Å². The summed E-state index contributed by atoms with van der Waals surface area (Å²) in [5, 5.41) is 26.6. The Balaban J connectivity index is 2.16. The van der Waals surface area contributed by atoms with Crippen molar-refractivity contribution in [3.05, 3.63) is 35.3 Å². The van der Waals surface area contributed by atoms with Gasteiger partial charge < -0.3 is 0 Å². The summed E-state index contributed by atoms with van der Waals surface area (Å²) in [6.07, 6.45) is 6.41. The molecule has 3 unspecified atom stereocenters. The van der Waals surface area contributed by atoms with Crippen LogP contribution in [0.15, 0.2) is 66.0 Å². The Hall–Kier alpha value is -1.92. The quantitative estimate of drug-likeness (QED) is 0.700. The first kappa shape index (κ1) is 15.0. The van der Waals surface area contributed by atoms with Gasteiger partial charge in [-0.15, -0.1) is 0 Å². The fraction of sp³-hybridized carbons (Fsp3) is 0.600. The van der Waals surface area contributed by atoms with E-state index in [1.165, 1.54) is 0 Å². The zero-order valence-corrected chi connectivity index (χ0v) is 14.1. The molecule has 0 fully saturated rings. The Morgan fingerprint density at radius 2 is 0.909 bits per heavy atom. The fourth-order valence-corrected chi connectivity index (χ4v) is 4.79. The van der Waals surface area contributed by atoms with Crippen molar-refractivity contribution in [2.24, 2.45) is 30.7 Å². The summed E-state index contributed by atoms with van der Waals surface area (Å²) in [6, 6.07) is 0. The summed E-state index contributed by atoms with van der Waals surface area (Å²) in [5.41, 5.74) is 1.60. The minimum atomic E-state index is -1.14. The maximum Gasteiger partial charge on any atom is 0.0964 e. The van der Waals surface area contributed by atoms with E-state index in [9.17, 15) is 0 Å². The van der Waals surface area contributed by atoms with Gasteiger partial charge in [0.2, 0.25) is 0 Å². The topological polar surface area (TPSA) is 74.2 Å². The number of allylic oxidation sites excluding steroid dienone is 3. The third kappa shape index (κ3) is 2.19. The standard InChI is InChI=1S/C15H22BN6/c1-10-7-13(4,20-17-10)16(14(5)8-11(2)18-21-14)15(6)9-12(3)19-22-15/h7-9,16H,1-6H3/q-1. The molecule has 0 saturated carbocycles. The van der Waals surface area contributed by atoms with E-state index in [-0.39, 0.29) is 0 Å². The van der Waals surface area contributed by atoms with Crippen LogP contribution in [-0.2, 0) is 0 Å². The average molecular weight is 297 g/mol. The highest BCUT2D eigenvalue weighted by Crippen LogP contribution is 2.44. The summed E-state index contributed by atoms with van der Waals surface area (Å²) in [6.45, 7) is 11.2. The van der Waals surface area contributed by atoms with Crippen LogP contribution in [0.5, 0.6) is 0 Å². The zero-order chi connectivity index (χ0) is 16.2. The number of nitrogens with zero attached hydrogens (tertiary/aromatic N) is 6. The summed E-state index contributed by atoms with van der Waals surface area (Å²) in [4.78, 5) is 0. The van der Waals surface area contributed by atoms with Gasteiger partial charge in [0.05, 0.1) is 23.8 Å².